The first-order valence-electron chi connectivity index (χ1n) is 5.92. The molecule has 1 aromatic carbocycles. The maximum atomic E-state index is 12.2. The van der Waals surface area contributed by atoms with Crippen LogP contribution in [0.25, 0.3) is 0 Å². The summed E-state index contributed by atoms with van der Waals surface area (Å²) < 4.78 is 0. The van der Waals surface area contributed by atoms with Gasteiger partial charge in [0.1, 0.15) is 0 Å². The Kier molecular flexibility index (Phi) is 2.26. The third kappa shape index (κ3) is 1.41. The molecular formula is C13H14N2O2. The third-order valence-corrected chi connectivity index (χ3v) is 3.69. The first kappa shape index (κ1) is 10.5. The number of rotatable bonds is 1. The second kappa shape index (κ2) is 3.67. The molecule has 1 fully saturated rings. The average Bonchev–Trinajstić information content (AvgIpc) is 2.84. The Morgan fingerprint density at radius 2 is 1.65 bits per heavy atom. The van der Waals surface area contributed by atoms with E-state index in [-0.39, 0.29) is 23.9 Å². The van der Waals surface area contributed by atoms with Gasteiger partial charge in [-0.3, -0.25) is 14.5 Å². The van der Waals surface area contributed by atoms with E-state index >= 15 is 0 Å². The van der Waals surface area contributed by atoms with Crippen LogP contribution in [0.1, 0.15) is 40.0 Å². The van der Waals surface area contributed by atoms with Crippen molar-refractivity contribution in [2.75, 3.05) is 0 Å². The normalized spacial score (nSPS) is 27.7. The van der Waals surface area contributed by atoms with Crippen LogP contribution in [0.3, 0.4) is 0 Å². The fourth-order valence-electron chi connectivity index (χ4n) is 2.80. The molecule has 2 amide bonds. The number of carbonyl (C=O) groups is 2. The van der Waals surface area contributed by atoms with Crippen LogP contribution >= 0.6 is 0 Å². The van der Waals surface area contributed by atoms with E-state index in [4.69, 9.17) is 5.73 Å². The summed E-state index contributed by atoms with van der Waals surface area (Å²) in [5.74, 6) is -0.374. The van der Waals surface area contributed by atoms with E-state index in [1.807, 2.05) is 0 Å². The Morgan fingerprint density at radius 1 is 1.06 bits per heavy atom. The molecule has 0 spiro atoms. The fraction of sp³-hybridized carbons (Fsp3) is 0.385. The van der Waals surface area contributed by atoms with E-state index in [1.54, 1.807) is 24.3 Å². The molecule has 2 aliphatic rings. The molecule has 2 atom stereocenters. The Morgan fingerprint density at radius 3 is 2.12 bits per heavy atom. The summed E-state index contributed by atoms with van der Waals surface area (Å²) in [4.78, 5) is 25.7. The van der Waals surface area contributed by atoms with Gasteiger partial charge in [0.25, 0.3) is 11.8 Å². The minimum atomic E-state index is -0.187. The minimum absolute atomic E-state index is 0.0720. The zero-order valence-electron chi connectivity index (χ0n) is 9.43. The average molecular weight is 230 g/mol. The highest BCUT2D eigenvalue weighted by Crippen LogP contribution is 2.30. The van der Waals surface area contributed by atoms with Gasteiger partial charge in [-0.15, -0.1) is 0 Å². The molecule has 3 rings (SSSR count). The Labute approximate surface area is 99.4 Å². The summed E-state index contributed by atoms with van der Waals surface area (Å²) in [5.41, 5.74) is 6.99. The van der Waals surface area contributed by atoms with Crippen molar-refractivity contribution < 1.29 is 9.59 Å². The number of hydrogen-bond acceptors (Lipinski definition) is 3. The lowest BCUT2D eigenvalue weighted by atomic mass is 10.1. The number of fused-ring (bicyclic) bond motifs is 1. The van der Waals surface area contributed by atoms with Gasteiger partial charge in [0.15, 0.2) is 0 Å². The Hall–Kier alpha value is -1.68. The Balaban J connectivity index is 2.00. The van der Waals surface area contributed by atoms with Gasteiger partial charge in [-0.2, -0.15) is 0 Å². The number of nitrogens with two attached hydrogens (primary N) is 1. The molecule has 0 saturated heterocycles. The Bertz CT molecular complexity index is 463. The quantitative estimate of drug-likeness (QED) is 0.736. The minimum Gasteiger partial charge on any atom is -0.326 e. The number of amides is 2. The number of nitrogens with zero attached hydrogens (tertiary/aromatic N) is 1. The van der Waals surface area contributed by atoms with Crippen molar-refractivity contribution in [1.82, 2.24) is 4.90 Å². The maximum absolute atomic E-state index is 12.2. The van der Waals surface area contributed by atoms with Gasteiger partial charge in [-0.25, -0.2) is 0 Å². The third-order valence-electron chi connectivity index (χ3n) is 3.69. The van der Waals surface area contributed by atoms with E-state index in [0.717, 1.165) is 19.3 Å². The molecule has 0 radical (unpaired) electrons. The molecule has 0 bridgehead atoms. The van der Waals surface area contributed by atoms with E-state index in [2.05, 4.69) is 0 Å². The first-order valence-corrected chi connectivity index (χ1v) is 5.92. The van der Waals surface area contributed by atoms with E-state index in [1.165, 1.54) is 4.90 Å². The second-order valence-corrected chi connectivity index (χ2v) is 4.69. The van der Waals surface area contributed by atoms with Gasteiger partial charge in [0, 0.05) is 6.04 Å². The largest absolute Gasteiger partial charge is 0.326 e. The molecular weight excluding hydrogens is 216 g/mol. The molecule has 17 heavy (non-hydrogen) atoms. The molecule has 1 heterocycles. The summed E-state index contributed by atoms with van der Waals surface area (Å²) in [6.07, 6.45) is 2.70. The van der Waals surface area contributed by atoms with Crippen LogP contribution in [0.2, 0.25) is 0 Å². The lowest BCUT2D eigenvalue weighted by molar-refractivity contribution is 0.0575. The van der Waals surface area contributed by atoms with Gasteiger partial charge in [0.2, 0.25) is 0 Å². The molecule has 1 aliphatic heterocycles. The van der Waals surface area contributed by atoms with Crippen molar-refractivity contribution in [2.45, 2.75) is 31.3 Å². The van der Waals surface area contributed by atoms with Crippen molar-refractivity contribution in [3.05, 3.63) is 35.4 Å². The SMILES string of the molecule is N[C@@H]1CCC[C@@H]1N1C(=O)c2ccccc2C1=O. The van der Waals surface area contributed by atoms with Crippen molar-refractivity contribution >= 4 is 11.8 Å². The van der Waals surface area contributed by atoms with Crippen molar-refractivity contribution in [3.63, 3.8) is 0 Å². The molecule has 1 aliphatic carbocycles. The highest BCUT2D eigenvalue weighted by Gasteiger charge is 2.43. The monoisotopic (exact) mass is 230 g/mol. The first-order chi connectivity index (χ1) is 8.20. The molecule has 4 nitrogen and oxygen atoms in total. The summed E-state index contributed by atoms with van der Waals surface area (Å²) in [7, 11) is 0. The molecule has 0 unspecified atom stereocenters. The molecule has 1 aromatic rings. The van der Waals surface area contributed by atoms with Crippen molar-refractivity contribution in [1.29, 1.82) is 0 Å². The molecule has 4 heteroatoms. The van der Waals surface area contributed by atoms with Crippen LogP contribution in [0.15, 0.2) is 24.3 Å². The molecule has 2 N–H and O–H groups in total. The van der Waals surface area contributed by atoms with Crippen molar-refractivity contribution in [3.8, 4) is 0 Å². The highest BCUT2D eigenvalue weighted by molar-refractivity contribution is 6.21. The van der Waals surface area contributed by atoms with E-state index in [9.17, 15) is 9.59 Å². The van der Waals surface area contributed by atoms with Crippen LogP contribution in [-0.2, 0) is 0 Å². The second-order valence-electron chi connectivity index (χ2n) is 4.69. The number of hydrogen-bond donors (Lipinski definition) is 1. The van der Waals surface area contributed by atoms with Crippen LogP contribution in [0.4, 0.5) is 0 Å². The molecule has 88 valence electrons. The van der Waals surface area contributed by atoms with Gasteiger partial charge in [-0.05, 0) is 31.4 Å². The summed E-state index contributed by atoms with van der Waals surface area (Å²) in [5, 5.41) is 0. The maximum Gasteiger partial charge on any atom is 0.261 e. The van der Waals surface area contributed by atoms with E-state index < -0.39 is 0 Å². The summed E-state index contributed by atoms with van der Waals surface area (Å²) >= 11 is 0. The smallest absolute Gasteiger partial charge is 0.261 e. The number of imide groups is 1. The van der Waals surface area contributed by atoms with Gasteiger partial charge in [-0.1, -0.05) is 12.1 Å². The zero-order chi connectivity index (χ0) is 12.0. The standard InChI is InChI=1S/C13H14N2O2/c14-10-6-3-7-11(10)15-12(16)8-4-1-2-5-9(8)13(15)17/h1-2,4-5,10-11H,3,6-7,14H2/t10-,11+/m1/s1. The zero-order valence-corrected chi connectivity index (χ0v) is 9.43. The van der Waals surface area contributed by atoms with Crippen LogP contribution in [-0.4, -0.2) is 28.8 Å². The predicted octanol–water partition coefficient (Wildman–Crippen LogP) is 1.16. The van der Waals surface area contributed by atoms with Crippen LogP contribution < -0.4 is 5.73 Å². The van der Waals surface area contributed by atoms with Crippen molar-refractivity contribution in [2.24, 2.45) is 5.73 Å². The highest BCUT2D eigenvalue weighted by atomic mass is 16.2. The van der Waals surface area contributed by atoms with E-state index in [0.29, 0.717) is 11.1 Å². The topological polar surface area (TPSA) is 63.4 Å². The number of carbonyl (C=O) groups excluding carboxylic acids is 2. The molecule has 1 saturated carbocycles. The summed E-state index contributed by atoms with van der Waals surface area (Å²) in [6.45, 7) is 0. The summed E-state index contributed by atoms with van der Waals surface area (Å²) in [6, 6.07) is 6.77. The number of benzene rings is 1. The van der Waals surface area contributed by atoms with Gasteiger partial charge >= 0.3 is 0 Å². The van der Waals surface area contributed by atoms with Gasteiger partial charge in [0.05, 0.1) is 17.2 Å². The lowest BCUT2D eigenvalue weighted by Crippen LogP contribution is -2.47. The van der Waals surface area contributed by atoms with Crippen LogP contribution in [0.5, 0.6) is 0 Å². The van der Waals surface area contributed by atoms with Gasteiger partial charge < -0.3 is 5.73 Å². The fourth-order valence-corrected chi connectivity index (χ4v) is 2.80. The predicted molar refractivity (Wildman–Crippen MR) is 62.6 cm³/mol. The molecule has 0 aromatic heterocycles. The lowest BCUT2D eigenvalue weighted by Gasteiger charge is -2.25. The van der Waals surface area contributed by atoms with Crippen LogP contribution in [0, 0.1) is 0 Å².